The molecule has 0 radical (unpaired) electrons. The van der Waals surface area contributed by atoms with Gasteiger partial charge in [-0.15, -0.1) is 0 Å². The second kappa shape index (κ2) is 6.25. The van der Waals surface area contributed by atoms with Crippen molar-refractivity contribution in [2.24, 2.45) is 5.92 Å². The van der Waals surface area contributed by atoms with Crippen molar-refractivity contribution in [2.75, 3.05) is 18.5 Å². The molecule has 1 fully saturated rings. The highest BCUT2D eigenvalue weighted by atomic mass is 16.6. The van der Waals surface area contributed by atoms with Crippen LogP contribution >= 0.6 is 0 Å². The molecule has 2 aliphatic rings. The van der Waals surface area contributed by atoms with E-state index in [1.54, 1.807) is 6.07 Å². The zero-order valence-electron chi connectivity index (χ0n) is 12.3. The van der Waals surface area contributed by atoms with E-state index in [2.05, 4.69) is 5.32 Å². The van der Waals surface area contributed by atoms with Crippen LogP contribution in [0.2, 0.25) is 0 Å². The van der Waals surface area contributed by atoms with Crippen LogP contribution in [0, 0.1) is 5.92 Å². The van der Waals surface area contributed by atoms with E-state index in [0.29, 0.717) is 37.0 Å². The molecule has 1 amide bonds. The second-order valence-corrected chi connectivity index (χ2v) is 5.72. The third-order valence-corrected chi connectivity index (χ3v) is 4.14. The maximum Gasteiger partial charge on any atom is 0.339 e. The number of rotatable bonds is 4. The number of aromatic carboxylic acids is 1. The first-order valence-corrected chi connectivity index (χ1v) is 7.61. The molecule has 3 rings (SSSR count). The van der Waals surface area contributed by atoms with Crippen molar-refractivity contribution in [1.29, 1.82) is 0 Å². The topological polar surface area (TPSA) is 84.9 Å². The van der Waals surface area contributed by atoms with Gasteiger partial charge in [0.1, 0.15) is 18.8 Å². The predicted molar refractivity (Wildman–Crippen MR) is 79.6 cm³/mol. The summed E-state index contributed by atoms with van der Waals surface area (Å²) >= 11 is 0. The highest BCUT2D eigenvalue weighted by Gasteiger charge is 2.25. The van der Waals surface area contributed by atoms with Gasteiger partial charge in [0.05, 0.1) is 5.69 Å². The number of benzene rings is 1. The number of carbonyl (C=O) groups is 2. The summed E-state index contributed by atoms with van der Waals surface area (Å²) in [5.74, 6) is -0.188. The molecule has 1 saturated carbocycles. The Morgan fingerprint density at radius 1 is 1.14 bits per heavy atom. The van der Waals surface area contributed by atoms with Crippen molar-refractivity contribution in [3.05, 3.63) is 17.7 Å². The molecule has 118 valence electrons. The lowest BCUT2D eigenvalue weighted by atomic mass is 10.0. The number of anilines is 1. The van der Waals surface area contributed by atoms with Crippen LogP contribution in [0.5, 0.6) is 11.5 Å². The van der Waals surface area contributed by atoms with Gasteiger partial charge in [0.25, 0.3) is 0 Å². The third kappa shape index (κ3) is 3.00. The van der Waals surface area contributed by atoms with Crippen molar-refractivity contribution < 1.29 is 24.2 Å². The molecule has 0 spiro atoms. The molecule has 0 atom stereocenters. The first kappa shape index (κ1) is 14.7. The fourth-order valence-electron chi connectivity index (χ4n) is 3.08. The van der Waals surface area contributed by atoms with Gasteiger partial charge in [-0.25, -0.2) is 4.79 Å². The highest BCUT2D eigenvalue weighted by molar-refractivity contribution is 5.97. The Morgan fingerprint density at radius 3 is 2.50 bits per heavy atom. The number of fused-ring (bicyclic) bond motifs is 1. The van der Waals surface area contributed by atoms with E-state index < -0.39 is 5.97 Å². The number of ether oxygens (including phenoxy) is 2. The van der Waals surface area contributed by atoms with E-state index in [9.17, 15) is 14.7 Å². The molecular weight excluding hydrogens is 286 g/mol. The lowest BCUT2D eigenvalue weighted by molar-refractivity contribution is -0.117. The van der Waals surface area contributed by atoms with E-state index >= 15 is 0 Å². The van der Waals surface area contributed by atoms with Gasteiger partial charge in [-0.2, -0.15) is 0 Å². The Kier molecular flexibility index (Phi) is 4.18. The lowest BCUT2D eigenvalue weighted by Crippen LogP contribution is -2.21. The summed E-state index contributed by atoms with van der Waals surface area (Å²) in [6, 6.07) is 2.99. The molecular formula is C16H19NO5. The molecule has 0 aromatic heterocycles. The molecule has 1 aliphatic heterocycles. The van der Waals surface area contributed by atoms with E-state index in [1.165, 1.54) is 18.9 Å². The summed E-state index contributed by atoms with van der Waals surface area (Å²) in [6.45, 7) is 0.633. The minimum absolute atomic E-state index is 0.0449. The fraction of sp³-hybridized carbons (Fsp3) is 0.500. The molecule has 2 N–H and O–H groups in total. The number of hydrogen-bond donors (Lipinski definition) is 2. The van der Waals surface area contributed by atoms with Crippen molar-refractivity contribution in [1.82, 2.24) is 0 Å². The smallest absolute Gasteiger partial charge is 0.339 e. The standard InChI is InChI=1S/C16H19NO5/c18-13(9-10-3-1-2-4-10)17-12-6-5-11(16(19)20)14-15(12)22-8-7-21-14/h5-6,10H,1-4,7-9H2,(H,17,18)(H,19,20). The number of carboxylic acid groups (broad SMARTS) is 1. The fourth-order valence-corrected chi connectivity index (χ4v) is 3.08. The van der Waals surface area contributed by atoms with Crippen LogP contribution in [0.1, 0.15) is 42.5 Å². The van der Waals surface area contributed by atoms with E-state index in [1.807, 2.05) is 0 Å². The third-order valence-electron chi connectivity index (χ3n) is 4.14. The quantitative estimate of drug-likeness (QED) is 0.893. The van der Waals surface area contributed by atoms with E-state index in [-0.39, 0.29) is 17.2 Å². The van der Waals surface area contributed by atoms with E-state index in [4.69, 9.17) is 9.47 Å². The Bertz CT molecular complexity index is 592. The molecule has 6 nitrogen and oxygen atoms in total. The van der Waals surface area contributed by atoms with Crippen molar-refractivity contribution in [3.8, 4) is 11.5 Å². The SMILES string of the molecule is O=C(CC1CCCC1)Nc1ccc(C(=O)O)c2c1OCCO2. The van der Waals surface area contributed by atoms with E-state index in [0.717, 1.165) is 12.8 Å². The van der Waals surface area contributed by atoms with Gasteiger partial charge in [-0.3, -0.25) is 4.79 Å². The molecule has 1 aliphatic carbocycles. The van der Waals surface area contributed by atoms with Crippen LogP contribution in [0.3, 0.4) is 0 Å². The van der Waals surface area contributed by atoms with Gasteiger partial charge in [-0.1, -0.05) is 12.8 Å². The van der Waals surface area contributed by atoms with Crippen LogP contribution in [-0.2, 0) is 4.79 Å². The molecule has 0 bridgehead atoms. The first-order valence-electron chi connectivity index (χ1n) is 7.61. The minimum atomic E-state index is -1.08. The summed E-state index contributed by atoms with van der Waals surface area (Å²) in [5.41, 5.74) is 0.520. The summed E-state index contributed by atoms with van der Waals surface area (Å²) in [5, 5.41) is 12.0. The maximum absolute atomic E-state index is 12.1. The number of nitrogens with one attached hydrogen (secondary N) is 1. The van der Waals surface area contributed by atoms with Crippen LogP contribution in [0.4, 0.5) is 5.69 Å². The molecule has 1 aromatic rings. The summed E-state index contributed by atoms with van der Waals surface area (Å²) in [7, 11) is 0. The van der Waals surface area contributed by atoms with Crippen LogP contribution in [0.15, 0.2) is 12.1 Å². The minimum Gasteiger partial charge on any atom is -0.485 e. The van der Waals surface area contributed by atoms with Gasteiger partial charge in [0.15, 0.2) is 11.5 Å². The first-order chi connectivity index (χ1) is 10.6. The Balaban J connectivity index is 1.78. The van der Waals surface area contributed by atoms with Crippen LogP contribution in [-0.4, -0.2) is 30.2 Å². The largest absolute Gasteiger partial charge is 0.485 e. The molecule has 22 heavy (non-hydrogen) atoms. The average molecular weight is 305 g/mol. The van der Waals surface area contributed by atoms with Gasteiger partial charge >= 0.3 is 5.97 Å². The molecule has 0 unspecified atom stereocenters. The van der Waals surface area contributed by atoms with Crippen molar-refractivity contribution in [2.45, 2.75) is 32.1 Å². The zero-order valence-corrected chi connectivity index (χ0v) is 12.3. The zero-order chi connectivity index (χ0) is 15.5. The molecule has 1 aromatic carbocycles. The molecule has 0 saturated heterocycles. The van der Waals surface area contributed by atoms with Crippen LogP contribution < -0.4 is 14.8 Å². The Hall–Kier alpha value is -2.24. The Morgan fingerprint density at radius 2 is 1.82 bits per heavy atom. The molecule has 6 heteroatoms. The van der Waals surface area contributed by atoms with Crippen molar-refractivity contribution >= 4 is 17.6 Å². The summed E-state index contributed by atoms with van der Waals surface area (Å²) in [4.78, 5) is 23.4. The average Bonchev–Trinajstić information content (AvgIpc) is 3.00. The van der Waals surface area contributed by atoms with Gasteiger partial charge in [0, 0.05) is 6.42 Å². The number of amides is 1. The summed E-state index contributed by atoms with van der Waals surface area (Å²) in [6.07, 6.45) is 5.08. The normalized spacial score (nSPS) is 17.3. The second-order valence-electron chi connectivity index (χ2n) is 5.72. The number of hydrogen-bond acceptors (Lipinski definition) is 4. The molecule has 1 heterocycles. The van der Waals surface area contributed by atoms with Gasteiger partial charge < -0.3 is 19.9 Å². The maximum atomic E-state index is 12.1. The highest BCUT2D eigenvalue weighted by Crippen LogP contribution is 2.41. The lowest BCUT2D eigenvalue weighted by Gasteiger charge is -2.23. The number of carboxylic acids is 1. The Labute approximate surface area is 128 Å². The monoisotopic (exact) mass is 305 g/mol. The van der Waals surface area contributed by atoms with Gasteiger partial charge in [0.2, 0.25) is 5.91 Å². The van der Waals surface area contributed by atoms with Crippen LogP contribution in [0.25, 0.3) is 0 Å². The number of carbonyl (C=O) groups excluding carboxylic acids is 1. The predicted octanol–water partition coefficient (Wildman–Crippen LogP) is 2.67. The van der Waals surface area contributed by atoms with Crippen molar-refractivity contribution in [3.63, 3.8) is 0 Å². The van der Waals surface area contributed by atoms with Gasteiger partial charge in [-0.05, 0) is 30.9 Å². The summed E-state index contributed by atoms with van der Waals surface area (Å²) < 4.78 is 10.9.